The number of aryl methyl sites for hydroxylation is 3. The molecule has 3 heterocycles. The number of fused-ring (bicyclic) bond motifs is 1. The van der Waals surface area contributed by atoms with Crippen molar-refractivity contribution in [2.75, 3.05) is 5.32 Å². The molecule has 0 aliphatic heterocycles. The lowest BCUT2D eigenvalue weighted by Crippen LogP contribution is -2.14. The molecule has 29 heavy (non-hydrogen) atoms. The summed E-state index contributed by atoms with van der Waals surface area (Å²) in [5.41, 5.74) is 6.37. The minimum absolute atomic E-state index is 0.207. The second kappa shape index (κ2) is 7.40. The fraction of sp³-hybridized carbons (Fsp3) is 0.273. The van der Waals surface area contributed by atoms with Crippen LogP contribution < -0.4 is 5.32 Å². The van der Waals surface area contributed by atoms with Gasteiger partial charge in [-0.3, -0.25) is 10.1 Å². The number of carbonyl (C=O) groups is 1. The zero-order chi connectivity index (χ0) is 20.7. The molecule has 0 aliphatic rings. The molecule has 4 aromatic rings. The molecule has 0 atom stereocenters. The molecule has 0 saturated heterocycles. The van der Waals surface area contributed by atoms with Crippen molar-refractivity contribution in [2.45, 2.75) is 40.7 Å². The van der Waals surface area contributed by atoms with Crippen molar-refractivity contribution < 1.29 is 4.79 Å². The molecule has 1 N–H and O–H groups in total. The molecular weight excluding hydrogens is 382 g/mol. The summed E-state index contributed by atoms with van der Waals surface area (Å²) in [6.45, 7) is 10.1. The molecule has 4 rings (SSSR count). The number of thiazole rings is 1. The summed E-state index contributed by atoms with van der Waals surface area (Å²) in [7, 11) is 0. The molecule has 0 bridgehead atoms. The topological polar surface area (TPSA) is 72.7 Å². The van der Waals surface area contributed by atoms with Crippen LogP contribution in [0.3, 0.4) is 0 Å². The summed E-state index contributed by atoms with van der Waals surface area (Å²) >= 11 is 1.42. The third kappa shape index (κ3) is 3.65. The fourth-order valence-corrected chi connectivity index (χ4v) is 3.92. The summed E-state index contributed by atoms with van der Waals surface area (Å²) in [5.74, 6) is -0.213. The van der Waals surface area contributed by atoms with E-state index in [4.69, 9.17) is 0 Å². The van der Waals surface area contributed by atoms with Crippen molar-refractivity contribution >= 4 is 33.4 Å². The number of nitrogens with zero attached hydrogens (tertiary/aromatic N) is 4. The maximum atomic E-state index is 12.9. The van der Waals surface area contributed by atoms with Crippen LogP contribution in [0.4, 0.5) is 5.13 Å². The van der Waals surface area contributed by atoms with Gasteiger partial charge in [0.25, 0.3) is 5.91 Å². The number of nitrogens with one attached hydrogen (secondary N) is 1. The molecule has 0 unspecified atom stereocenters. The lowest BCUT2D eigenvalue weighted by Gasteiger charge is -2.09. The molecule has 0 aliphatic carbocycles. The molecule has 148 valence electrons. The van der Waals surface area contributed by atoms with Gasteiger partial charge in [-0.15, -0.1) is 11.3 Å². The van der Waals surface area contributed by atoms with E-state index in [1.54, 1.807) is 6.20 Å². The van der Waals surface area contributed by atoms with Gasteiger partial charge in [0, 0.05) is 22.4 Å². The highest BCUT2D eigenvalue weighted by Gasteiger charge is 2.17. The zero-order valence-corrected chi connectivity index (χ0v) is 18.0. The van der Waals surface area contributed by atoms with Crippen LogP contribution in [0.1, 0.15) is 47.1 Å². The third-order valence-corrected chi connectivity index (χ3v) is 5.78. The van der Waals surface area contributed by atoms with Gasteiger partial charge >= 0.3 is 0 Å². The summed E-state index contributed by atoms with van der Waals surface area (Å²) in [4.78, 5) is 22.1. The van der Waals surface area contributed by atoms with Gasteiger partial charge in [0.05, 0.1) is 23.1 Å². The lowest BCUT2D eigenvalue weighted by molar-refractivity contribution is 0.102. The van der Waals surface area contributed by atoms with Gasteiger partial charge in [-0.1, -0.05) is 12.1 Å². The van der Waals surface area contributed by atoms with Gasteiger partial charge in [-0.05, 0) is 57.9 Å². The first-order chi connectivity index (χ1) is 13.8. The molecule has 7 heteroatoms. The summed E-state index contributed by atoms with van der Waals surface area (Å²) in [6, 6.07) is 8.31. The van der Waals surface area contributed by atoms with E-state index in [0.717, 1.165) is 22.3 Å². The van der Waals surface area contributed by atoms with Crippen LogP contribution in [0.25, 0.3) is 22.3 Å². The quantitative estimate of drug-likeness (QED) is 0.499. The normalized spacial score (nSPS) is 11.4. The number of pyridine rings is 1. The predicted octanol–water partition coefficient (Wildman–Crippen LogP) is 5.31. The van der Waals surface area contributed by atoms with E-state index in [9.17, 15) is 4.79 Å². The van der Waals surface area contributed by atoms with E-state index in [0.29, 0.717) is 16.4 Å². The first-order valence-corrected chi connectivity index (χ1v) is 10.4. The van der Waals surface area contributed by atoms with Crippen LogP contribution in [0.15, 0.2) is 35.8 Å². The Bertz CT molecular complexity index is 1220. The van der Waals surface area contributed by atoms with E-state index in [2.05, 4.69) is 66.3 Å². The Kier molecular flexibility index (Phi) is 4.92. The Morgan fingerprint density at radius 3 is 2.62 bits per heavy atom. The first-order valence-electron chi connectivity index (χ1n) is 9.53. The fourth-order valence-electron chi connectivity index (χ4n) is 3.20. The number of amides is 1. The second-order valence-corrected chi connectivity index (χ2v) is 8.37. The van der Waals surface area contributed by atoms with Crippen LogP contribution in [0.5, 0.6) is 0 Å². The number of hydrogen-bond donors (Lipinski definition) is 1. The number of anilines is 1. The zero-order valence-electron chi connectivity index (χ0n) is 17.1. The number of carbonyl (C=O) groups excluding carboxylic acids is 1. The van der Waals surface area contributed by atoms with Crippen LogP contribution in [-0.4, -0.2) is 25.7 Å². The van der Waals surface area contributed by atoms with Gasteiger partial charge in [0.1, 0.15) is 0 Å². The average Bonchev–Trinajstić information content (AvgIpc) is 3.30. The molecule has 1 aromatic carbocycles. The highest BCUT2D eigenvalue weighted by molar-refractivity contribution is 7.14. The van der Waals surface area contributed by atoms with Crippen LogP contribution in [0.2, 0.25) is 0 Å². The van der Waals surface area contributed by atoms with Gasteiger partial charge in [-0.25, -0.2) is 14.6 Å². The Labute approximate surface area is 173 Å². The molecule has 3 aromatic heterocycles. The van der Waals surface area contributed by atoms with E-state index in [1.165, 1.54) is 22.5 Å². The monoisotopic (exact) mass is 405 g/mol. The first kappa shape index (κ1) is 19.3. The van der Waals surface area contributed by atoms with Gasteiger partial charge in [-0.2, -0.15) is 5.10 Å². The Morgan fingerprint density at radius 2 is 1.90 bits per heavy atom. The van der Waals surface area contributed by atoms with E-state index >= 15 is 0 Å². The molecular formula is C22H23N5OS. The highest BCUT2D eigenvalue weighted by atomic mass is 32.1. The average molecular weight is 406 g/mol. The van der Waals surface area contributed by atoms with Crippen molar-refractivity contribution in [2.24, 2.45) is 0 Å². The number of benzene rings is 1. The van der Waals surface area contributed by atoms with Gasteiger partial charge in [0.15, 0.2) is 10.8 Å². The summed E-state index contributed by atoms with van der Waals surface area (Å²) < 4.78 is 1.86. The van der Waals surface area contributed by atoms with E-state index in [1.807, 2.05) is 23.1 Å². The molecule has 0 radical (unpaired) electrons. The lowest BCUT2D eigenvalue weighted by atomic mass is 10.1. The molecule has 0 saturated carbocycles. The molecule has 1 amide bonds. The Hall–Kier alpha value is -3.06. The third-order valence-electron chi connectivity index (χ3n) is 5.02. The van der Waals surface area contributed by atoms with Crippen molar-refractivity contribution in [3.05, 3.63) is 58.2 Å². The summed E-state index contributed by atoms with van der Waals surface area (Å²) in [5, 5.41) is 10.7. The minimum atomic E-state index is -0.213. The van der Waals surface area contributed by atoms with Crippen LogP contribution >= 0.6 is 11.3 Å². The highest BCUT2D eigenvalue weighted by Crippen LogP contribution is 2.27. The SMILES string of the molecule is Cc1ccc(-c2csc(NC(=O)c3cc4cnn(C(C)C)c4nc3C)n2)cc1C. The van der Waals surface area contributed by atoms with E-state index < -0.39 is 0 Å². The van der Waals surface area contributed by atoms with Gasteiger partial charge in [0.2, 0.25) is 0 Å². The summed E-state index contributed by atoms with van der Waals surface area (Å²) in [6.07, 6.45) is 1.75. The second-order valence-electron chi connectivity index (χ2n) is 7.51. The van der Waals surface area contributed by atoms with Crippen LogP contribution in [0, 0.1) is 20.8 Å². The largest absolute Gasteiger partial charge is 0.298 e. The number of hydrogen-bond acceptors (Lipinski definition) is 5. The van der Waals surface area contributed by atoms with E-state index in [-0.39, 0.29) is 11.9 Å². The molecule has 0 spiro atoms. The predicted molar refractivity (Wildman–Crippen MR) is 118 cm³/mol. The van der Waals surface area contributed by atoms with Crippen molar-refractivity contribution in [1.29, 1.82) is 0 Å². The standard InChI is InChI=1S/C22H23N5OS/c1-12(2)27-20-17(10-23-27)9-18(15(5)24-20)21(28)26-22-25-19(11-29-22)16-7-6-13(3)14(4)8-16/h6-12H,1-5H3,(H,25,26,28). The minimum Gasteiger partial charge on any atom is -0.298 e. The molecule has 0 fully saturated rings. The number of rotatable bonds is 4. The van der Waals surface area contributed by atoms with Gasteiger partial charge < -0.3 is 0 Å². The van der Waals surface area contributed by atoms with Crippen molar-refractivity contribution in [3.63, 3.8) is 0 Å². The van der Waals surface area contributed by atoms with Crippen molar-refractivity contribution in [3.8, 4) is 11.3 Å². The van der Waals surface area contributed by atoms with Crippen LogP contribution in [-0.2, 0) is 0 Å². The molecule has 6 nitrogen and oxygen atoms in total. The Balaban J connectivity index is 1.59. The maximum absolute atomic E-state index is 12.9. The number of aromatic nitrogens is 4. The smallest absolute Gasteiger partial charge is 0.259 e. The Morgan fingerprint density at radius 1 is 1.10 bits per heavy atom. The maximum Gasteiger partial charge on any atom is 0.259 e. The van der Waals surface area contributed by atoms with Crippen molar-refractivity contribution in [1.82, 2.24) is 19.7 Å².